The van der Waals surface area contributed by atoms with Crippen LogP contribution in [0.4, 0.5) is 11.4 Å². The first-order valence-corrected chi connectivity index (χ1v) is 19.1. The van der Waals surface area contributed by atoms with Crippen LogP contribution in [0.2, 0.25) is 0 Å². The predicted molar refractivity (Wildman–Crippen MR) is 213 cm³/mol. The Kier molecular flexibility index (Phi) is 10.8. The van der Waals surface area contributed by atoms with Gasteiger partial charge in [0.05, 0.1) is 12.0 Å². The van der Waals surface area contributed by atoms with Crippen LogP contribution in [0.1, 0.15) is 76.6 Å². The molecular formula is C45H51N2O4S+. The largest absolute Gasteiger partial charge is 0.464 e. The lowest BCUT2D eigenvalue weighted by atomic mass is 9.81. The fraction of sp³-hybridized carbons (Fsp3) is 0.356. The maximum atomic E-state index is 11.7. The van der Waals surface area contributed by atoms with E-state index in [2.05, 4.69) is 142 Å². The van der Waals surface area contributed by atoms with Gasteiger partial charge in [-0.3, -0.25) is 9.59 Å². The van der Waals surface area contributed by atoms with Gasteiger partial charge in [0, 0.05) is 58.2 Å². The summed E-state index contributed by atoms with van der Waals surface area (Å²) in [6, 6.07) is 23.9. The number of allylic oxidation sites excluding steroid dienone is 7. The second-order valence-corrected chi connectivity index (χ2v) is 16.1. The van der Waals surface area contributed by atoms with E-state index in [1.807, 2.05) is 11.8 Å². The highest BCUT2D eigenvalue weighted by Gasteiger charge is 2.44. The summed E-state index contributed by atoms with van der Waals surface area (Å²) in [7, 11) is 0. The molecule has 3 aromatic rings. The van der Waals surface area contributed by atoms with Crippen molar-refractivity contribution in [3.8, 4) is 0 Å². The first kappa shape index (κ1) is 37.1. The van der Waals surface area contributed by atoms with Crippen molar-refractivity contribution in [2.24, 2.45) is 0 Å². The molecule has 0 saturated heterocycles. The second-order valence-electron chi connectivity index (χ2n) is 15.0. The fourth-order valence-electron chi connectivity index (χ4n) is 7.74. The minimum Gasteiger partial charge on any atom is -0.464 e. The Balaban J connectivity index is 1.41. The van der Waals surface area contributed by atoms with Gasteiger partial charge in [-0.2, -0.15) is 4.58 Å². The third-order valence-corrected chi connectivity index (χ3v) is 11.7. The number of thioether (sulfide) groups is 1. The first-order valence-electron chi connectivity index (χ1n) is 18.2. The Morgan fingerprint density at radius 2 is 1.48 bits per heavy atom. The van der Waals surface area contributed by atoms with E-state index in [1.54, 1.807) is 0 Å². The predicted octanol–water partition coefficient (Wildman–Crippen LogP) is 9.81. The molecule has 0 atom stereocenters. The summed E-state index contributed by atoms with van der Waals surface area (Å²) in [5.74, 6) is -0.527. The van der Waals surface area contributed by atoms with Gasteiger partial charge in [-0.1, -0.05) is 85.3 Å². The molecule has 3 aliphatic rings. The van der Waals surface area contributed by atoms with Crippen LogP contribution >= 0.6 is 11.8 Å². The zero-order chi connectivity index (χ0) is 37.2. The van der Waals surface area contributed by atoms with E-state index in [0.717, 1.165) is 12.8 Å². The van der Waals surface area contributed by atoms with Crippen LogP contribution in [0.3, 0.4) is 0 Å². The SMILES string of the molecule is CC(=O)OCCN1/C(=C/C=C2\CCC(/C=C/C3=[N+](CCOC(C)=O)c4ccc(C)cc4C3(C)C)=C2Sc2ccccc2)C(C)(C)c2cc(C)ccc21. The maximum Gasteiger partial charge on any atom is 0.302 e. The van der Waals surface area contributed by atoms with E-state index < -0.39 is 0 Å². The van der Waals surface area contributed by atoms with Gasteiger partial charge < -0.3 is 14.4 Å². The highest BCUT2D eigenvalue weighted by molar-refractivity contribution is 8.03. The zero-order valence-corrected chi connectivity index (χ0v) is 32.7. The van der Waals surface area contributed by atoms with Crippen molar-refractivity contribution in [2.45, 2.75) is 84.0 Å². The maximum absolute atomic E-state index is 11.7. The molecule has 3 aromatic carbocycles. The van der Waals surface area contributed by atoms with E-state index in [9.17, 15) is 9.59 Å². The quantitative estimate of drug-likeness (QED) is 0.146. The van der Waals surface area contributed by atoms with Crippen LogP contribution < -0.4 is 4.90 Å². The molecule has 1 aliphatic carbocycles. The van der Waals surface area contributed by atoms with Gasteiger partial charge in [-0.15, -0.1) is 0 Å². The van der Waals surface area contributed by atoms with Crippen LogP contribution in [0, 0.1) is 13.8 Å². The first-order chi connectivity index (χ1) is 24.8. The lowest BCUT2D eigenvalue weighted by molar-refractivity contribution is -0.440. The average molecular weight is 716 g/mol. The van der Waals surface area contributed by atoms with Crippen LogP contribution in [0.5, 0.6) is 0 Å². The zero-order valence-electron chi connectivity index (χ0n) is 31.8. The van der Waals surface area contributed by atoms with Gasteiger partial charge in [0.15, 0.2) is 18.9 Å². The lowest BCUT2D eigenvalue weighted by Gasteiger charge is -2.27. The number of ether oxygens (including phenoxy) is 2. The van der Waals surface area contributed by atoms with E-state index >= 15 is 0 Å². The summed E-state index contributed by atoms with van der Waals surface area (Å²) in [4.78, 5) is 28.1. The average Bonchev–Trinajstić information content (AvgIpc) is 3.63. The van der Waals surface area contributed by atoms with Gasteiger partial charge in [-0.05, 0) is 87.6 Å². The van der Waals surface area contributed by atoms with E-state index in [0.29, 0.717) is 26.3 Å². The second kappa shape index (κ2) is 15.2. The number of fused-ring (bicyclic) bond motifs is 2. The number of hydrogen-bond donors (Lipinski definition) is 0. The Hall–Kier alpha value is -4.62. The van der Waals surface area contributed by atoms with Crippen LogP contribution in [-0.4, -0.2) is 48.5 Å². The van der Waals surface area contributed by atoms with Crippen molar-refractivity contribution in [3.05, 3.63) is 135 Å². The number of esters is 2. The highest BCUT2D eigenvalue weighted by Crippen LogP contribution is 2.49. The molecule has 270 valence electrons. The fourth-order valence-corrected chi connectivity index (χ4v) is 8.87. The molecule has 6 rings (SSSR count). The Bertz CT molecular complexity index is 2050. The number of carbonyl (C=O) groups is 2. The lowest BCUT2D eigenvalue weighted by Crippen LogP contribution is -2.29. The summed E-state index contributed by atoms with van der Waals surface area (Å²) in [6.07, 6.45) is 11.1. The smallest absolute Gasteiger partial charge is 0.302 e. The summed E-state index contributed by atoms with van der Waals surface area (Å²) in [5, 5.41) is 0. The molecule has 0 spiro atoms. The van der Waals surface area contributed by atoms with Crippen molar-refractivity contribution in [2.75, 3.05) is 31.2 Å². The molecule has 2 heterocycles. The minimum absolute atomic E-state index is 0.222. The molecule has 0 radical (unpaired) electrons. The molecule has 0 N–H and O–H groups in total. The number of rotatable bonds is 11. The molecule has 6 nitrogen and oxygen atoms in total. The molecule has 2 aliphatic heterocycles. The van der Waals surface area contributed by atoms with Crippen molar-refractivity contribution < 1.29 is 23.6 Å². The van der Waals surface area contributed by atoms with Crippen molar-refractivity contribution >= 4 is 40.8 Å². The summed E-state index contributed by atoms with van der Waals surface area (Å²) >= 11 is 1.83. The van der Waals surface area contributed by atoms with Crippen molar-refractivity contribution in [3.63, 3.8) is 0 Å². The highest BCUT2D eigenvalue weighted by atomic mass is 32.2. The number of anilines is 1. The van der Waals surface area contributed by atoms with Gasteiger partial charge in [0.1, 0.15) is 6.61 Å². The molecule has 0 amide bonds. The molecule has 0 aromatic heterocycles. The van der Waals surface area contributed by atoms with E-state index in [1.165, 1.54) is 79.8 Å². The molecule has 0 unspecified atom stereocenters. The van der Waals surface area contributed by atoms with Crippen LogP contribution in [0.15, 0.2) is 118 Å². The monoisotopic (exact) mass is 715 g/mol. The van der Waals surface area contributed by atoms with Crippen molar-refractivity contribution in [1.82, 2.24) is 0 Å². The summed E-state index contributed by atoms with van der Waals surface area (Å²) < 4.78 is 13.2. The molecular weight excluding hydrogens is 665 g/mol. The van der Waals surface area contributed by atoms with Gasteiger partial charge in [-0.25, -0.2) is 0 Å². The number of aryl methyl sites for hydroxylation is 2. The van der Waals surface area contributed by atoms with Crippen LogP contribution in [-0.2, 0) is 29.9 Å². The van der Waals surface area contributed by atoms with Gasteiger partial charge >= 0.3 is 11.9 Å². The van der Waals surface area contributed by atoms with E-state index in [4.69, 9.17) is 9.47 Å². The molecule has 0 bridgehead atoms. The third kappa shape index (κ3) is 7.61. The van der Waals surface area contributed by atoms with Gasteiger partial charge in [0.25, 0.3) is 0 Å². The molecule has 0 fully saturated rings. The standard InChI is InChI=1S/C45H51N2O4S/c1-30-14-20-39-37(28-30)44(5,6)41(46(39)24-26-50-32(3)48)22-18-34-16-17-35(43(34)52-36-12-10-9-11-13-36)19-23-42-45(7,8)38-29-31(2)15-21-40(38)47(42)25-27-51-33(4)49/h9-15,18-23,28-29H,16-17,24-27H2,1-8H3/q+1. The van der Waals surface area contributed by atoms with Gasteiger partial charge in [0.2, 0.25) is 5.69 Å². The van der Waals surface area contributed by atoms with Crippen LogP contribution in [0.25, 0.3) is 0 Å². The molecule has 0 saturated carbocycles. The summed E-state index contributed by atoms with van der Waals surface area (Å²) in [6.45, 7) is 18.2. The topological polar surface area (TPSA) is 58.9 Å². The number of carbonyl (C=O) groups excluding carboxylic acids is 2. The number of nitrogens with zero attached hydrogens (tertiary/aromatic N) is 2. The third-order valence-electron chi connectivity index (χ3n) is 10.4. The Labute approximate surface area is 313 Å². The van der Waals surface area contributed by atoms with Crippen molar-refractivity contribution in [1.29, 1.82) is 0 Å². The number of benzene rings is 3. The van der Waals surface area contributed by atoms with E-state index in [-0.39, 0.29) is 22.8 Å². The number of hydrogen-bond acceptors (Lipinski definition) is 6. The molecule has 52 heavy (non-hydrogen) atoms. The Morgan fingerprint density at radius 3 is 2.19 bits per heavy atom. The summed E-state index contributed by atoms with van der Waals surface area (Å²) in [5.41, 5.74) is 11.9. The minimum atomic E-state index is -0.264. The normalized spacial score (nSPS) is 18.9. The molecule has 7 heteroatoms. The Morgan fingerprint density at radius 1 is 0.808 bits per heavy atom.